The van der Waals surface area contributed by atoms with Crippen LogP contribution >= 0.6 is 0 Å². The first-order valence-electron chi connectivity index (χ1n) is 8.81. The summed E-state index contributed by atoms with van der Waals surface area (Å²) in [4.78, 5) is 27.1. The maximum absolute atomic E-state index is 12.9. The summed E-state index contributed by atoms with van der Waals surface area (Å²) >= 11 is 0. The molecule has 2 aromatic carbocycles. The predicted octanol–water partition coefficient (Wildman–Crippen LogP) is 1.22. The molecule has 1 aliphatic rings. The summed E-state index contributed by atoms with van der Waals surface area (Å²) in [5.41, 5.74) is 2.27. The van der Waals surface area contributed by atoms with Crippen LogP contribution in [0, 0.1) is 0 Å². The second-order valence-electron chi connectivity index (χ2n) is 6.34. The Bertz CT molecular complexity index is 1230. The molecule has 1 aromatic heterocycles. The molecule has 1 N–H and O–H groups in total. The van der Waals surface area contributed by atoms with Crippen LogP contribution in [0.5, 0.6) is 0 Å². The number of allylic oxidation sites excluding steroid dienone is 1. The number of aromatic nitrogens is 4. The van der Waals surface area contributed by atoms with Gasteiger partial charge in [-0.25, -0.2) is 4.68 Å². The molecule has 0 fully saturated rings. The molecule has 9 heteroatoms. The van der Waals surface area contributed by atoms with Crippen LogP contribution in [0.4, 0.5) is 5.69 Å². The first-order chi connectivity index (χ1) is 14.0. The Labute approximate surface area is 165 Å². The van der Waals surface area contributed by atoms with Gasteiger partial charge in [0.05, 0.1) is 11.3 Å². The van der Waals surface area contributed by atoms with Gasteiger partial charge in [0.25, 0.3) is 11.5 Å². The Kier molecular flexibility index (Phi) is 4.70. The number of anilines is 1. The van der Waals surface area contributed by atoms with Crippen molar-refractivity contribution < 1.29 is 9.59 Å². The van der Waals surface area contributed by atoms with E-state index in [2.05, 4.69) is 25.8 Å². The standard InChI is InChI=1S/C20H17N7O2/c1-26-20(24-25-27(26)2)23-22-17-12-16(18(28)15-11-7-6-10-14(15)17)19(29)21-13-8-4-3-5-9-13/h3-12H,1-2H3,(H,21,29)/b22-17-,23-20+. The molecule has 0 bridgehead atoms. The van der Waals surface area contributed by atoms with Crippen molar-refractivity contribution in [2.75, 3.05) is 5.32 Å². The van der Waals surface area contributed by atoms with Gasteiger partial charge < -0.3 is 5.32 Å². The van der Waals surface area contributed by atoms with Gasteiger partial charge in [-0.1, -0.05) is 47.6 Å². The minimum atomic E-state index is -0.506. The average Bonchev–Trinajstić information content (AvgIpc) is 3.06. The Morgan fingerprint density at radius 3 is 2.34 bits per heavy atom. The topological polar surface area (TPSA) is 107 Å². The average molecular weight is 387 g/mol. The zero-order chi connectivity index (χ0) is 20.4. The molecule has 144 valence electrons. The van der Waals surface area contributed by atoms with E-state index in [0.29, 0.717) is 22.5 Å². The van der Waals surface area contributed by atoms with E-state index in [9.17, 15) is 9.59 Å². The quantitative estimate of drug-likeness (QED) is 0.539. The third-order valence-electron chi connectivity index (χ3n) is 4.48. The molecule has 0 saturated heterocycles. The van der Waals surface area contributed by atoms with Crippen molar-refractivity contribution >= 4 is 23.1 Å². The van der Waals surface area contributed by atoms with E-state index in [1.54, 1.807) is 67.3 Å². The number of ketones is 1. The first kappa shape index (κ1) is 18.2. The van der Waals surface area contributed by atoms with E-state index >= 15 is 0 Å². The summed E-state index contributed by atoms with van der Waals surface area (Å²) in [6.07, 6.45) is 1.45. The number of hydrogen-bond acceptors (Lipinski definition) is 6. The number of aryl methyl sites for hydroxylation is 1. The van der Waals surface area contributed by atoms with Gasteiger partial charge in [0.1, 0.15) is 0 Å². The second kappa shape index (κ2) is 7.47. The van der Waals surface area contributed by atoms with Crippen LogP contribution in [-0.2, 0) is 18.9 Å². The van der Waals surface area contributed by atoms with Crippen molar-refractivity contribution in [3.05, 3.63) is 83.0 Å². The Morgan fingerprint density at radius 2 is 1.66 bits per heavy atom. The highest BCUT2D eigenvalue weighted by Crippen LogP contribution is 2.23. The van der Waals surface area contributed by atoms with E-state index in [1.807, 2.05) is 6.07 Å². The van der Waals surface area contributed by atoms with Gasteiger partial charge in [-0.05, 0) is 23.4 Å². The Balaban J connectivity index is 1.77. The van der Waals surface area contributed by atoms with Crippen LogP contribution in [0.15, 0.2) is 76.4 Å². The molecule has 1 aliphatic carbocycles. The van der Waals surface area contributed by atoms with Crippen molar-refractivity contribution in [2.24, 2.45) is 24.3 Å². The lowest BCUT2D eigenvalue weighted by Crippen LogP contribution is -2.26. The molecular weight excluding hydrogens is 370 g/mol. The lowest BCUT2D eigenvalue weighted by Gasteiger charge is -2.16. The smallest absolute Gasteiger partial charge is 0.285 e. The van der Waals surface area contributed by atoms with Gasteiger partial charge in [-0.2, -0.15) is 4.80 Å². The molecule has 3 aromatic rings. The van der Waals surface area contributed by atoms with Gasteiger partial charge in [-0.15, -0.1) is 10.2 Å². The van der Waals surface area contributed by atoms with Crippen LogP contribution in [0.3, 0.4) is 0 Å². The summed E-state index contributed by atoms with van der Waals surface area (Å²) in [6.45, 7) is 0. The van der Waals surface area contributed by atoms with E-state index < -0.39 is 5.91 Å². The normalized spacial score (nSPS) is 15.2. The lowest BCUT2D eigenvalue weighted by molar-refractivity contribution is -0.112. The molecule has 4 rings (SSSR count). The summed E-state index contributed by atoms with van der Waals surface area (Å²) in [7, 11) is 3.46. The number of carbonyl (C=O) groups is 2. The Morgan fingerprint density at radius 1 is 0.966 bits per heavy atom. The largest absolute Gasteiger partial charge is 0.322 e. The van der Waals surface area contributed by atoms with Gasteiger partial charge >= 0.3 is 0 Å². The molecule has 0 saturated carbocycles. The second-order valence-corrected chi connectivity index (χ2v) is 6.34. The molecule has 0 aliphatic heterocycles. The fraction of sp³-hybridized carbons (Fsp3) is 0.100. The third-order valence-corrected chi connectivity index (χ3v) is 4.48. The Hall–Kier alpha value is -4.14. The minimum absolute atomic E-state index is 0.00924. The summed E-state index contributed by atoms with van der Waals surface area (Å²) in [5.74, 6) is -0.869. The highest BCUT2D eigenvalue weighted by Gasteiger charge is 2.28. The summed E-state index contributed by atoms with van der Waals surface area (Å²) in [5, 5.41) is 18.9. The van der Waals surface area contributed by atoms with Crippen LogP contribution in [-0.4, -0.2) is 37.2 Å². The first-order valence-corrected chi connectivity index (χ1v) is 8.81. The molecule has 0 unspecified atom stereocenters. The number of nitrogens with zero attached hydrogens (tertiary/aromatic N) is 6. The molecule has 1 amide bonds. The molecule has 29 heavy (non-hydrogen) atoms. The summed E-state index contributed by atoms with van der Waals surface area (Å²) in [6, 6.07) is 15.9. The fourth-order valence-corrected chi connectivity index (χ4v) is 2.84. The van der Waals surface area contributed by atoms with Crippen molar-refractivity contribution in [1.82, 2.24) is 19.8 Å². The number of para-hydroxylation sites is 1. The number of carbonyl (C=O) groups excluding carboxylic acids is 2. The van der Waals surface area contributed by atoms with Gasteiger partial charge in [0, 0.05) is 30.9 Å². The van der Waals surface area contributed by atoms with E-state index in [4.69, 9.17) is 0 Å². The van der Waals surface area contributed by atoms with E-state index in [-0.39, 0.29) is 17.0 Å². The van der Waals surface area contributed by atoms with Gasteiger partial charge in [0.15, 0.2) is 5.78 Å². The van der Waals surface area contributed by atoms with Crippen LogP contribution in [0.1, 0.15) is 15.9 Å². The number of tetrazole rings is 1. The highest BCUT2D eigenvalue weighted by molar-refractivity contribution is 6.37. The molecule has 0 radical (unpaired) electrons. The predicted molar refractivity (Wildman–Crippen MR) is 106 cm³/mol. The number of hydrogen-bond donors (Lipinski definition) is 1. The highest BCUT2D eigenvalue weighted by atomic mass is 16.2. The van der Waals surface area contributed by atoms with Crippen LogP contribution in [0.2, 0.25) is 0 Å². The third kappa shape index (κ3) is 3.53. The zero-order valence-electron chi connectivity index (χ0n) is 15.8. The van der Waals surface area contributed by atoms with Crippen LogP contribution < -0.4 is 10.9 Å². The van der Waals surface area contributed by atoms with Crippen molar-refractivity contribution in [2.45, 2.75) is 0 Å². The zero-order valence-corrected chi connectivity index (χ0v) is 15.8. The van der Waals surface area contributed by atoms with Crippen molar-refractivity contribution in [3.8, 4) is 0 Å². The molecule has 1 heterocycles. The minimum Gasteiger partial charge on any atom is -0.322 e. The molecular formula is C20H17N7O2. The number of amides is 1. The fourth-order valence-electron chi connectivity index (χ4n) is 2.84. The summed E-state index contributed by atoms with van der Waals surface area (Å²) < 4.78 is 1.61. The van der Waals surface area contributed by atoms with E-state index in [0.717, 1.165) is 0 Å². The SMILES string of the molecule is Cn1nn/c(=N\N=C2\C=C(C(=O)Nc3ccccc3)C(=O)c3ccccc32)n1C. The maximum atomic E-state index is 12.9. The van der Waals surface area contributed by atoms with Crippen molar-refractivity contribution in [1.29, 1.82) is 0 Å². The molecule has 9 nitrogen and oxygen atoms in total. The maximum Gasteiger partial charge on any atom is 0.285 e. The number of fused-ring (bicyclic) bond motifs is 1. The monoisotopic (exact) mass is 387 g/mol. The molecule has 0 atom stereocenters. The number of rotatable bonds is 3. The van der Waals surface area contributed by atoms with Crippen molar-refractivity contribution in [3.63, 3.8) is 0 Å². The number of Topliss-reactive ketones (excluding diaryl/α,β-unsaturated/α-hetero) is 1. The number of nitrogens with one attached hydrogen (secondary N) is 1. The van der Waals surface area contributed by atoms with Gasteiger partial charge in [-0.3, -0.25) is 9.59 Å². The van der Waals surface area contributed by atoms with Gasteiger partial charge in [0.2, 0.25) is 0 Å². The van der Waals surface area contributed by atoms with E-state index in [1.165, 1.54) is 10.9 Å². The lowest BCUT2D eigenvalue weighted by atomic mass is 9.88. The number of benzene rings is 2. The van der Waals surface area contributed by atoms with Crippen LogP contribution in [0.25, 0.3) is 0 Å². The molecule has 0 spiro atoms.